The first-order valence-electron chi connectivity index (χ1n) is 4.36. The first-order valence-corrected chi connectivity index (χ1v) is 5.58. The van der Waals surface area contributed by atoms with Crippen LogP contribution in [0.3, 0.4) is 0 Å². The first kappa shape index (κ1) is 11.1. The fraction of sp³-hybridized carbons (Fsp3) is 0.273. The Balaban J connectivity index is 2.74. The van der Waals surface area contributed by atoms with Crippen molar-refractivity contribution in [3.63, 3.8) is 0 Å². The van der Waals surface area contributed by atoms with Crippen molar-refractivity contribution in [2.45, 2.75) is 24.3 Å². The van der Waals surface area contributed by atoms with Crippen LogP contribution in [0.4, 0.5) is 0 Å². The third kappa shape index (κ3) is 3.85. The molecule has 0 bridgehead atoms. The van der Waals surface area contributed by atoms with Crippen molar-refractivity contribution in [1.82, 2.24) is 0 Å². The van der Waals surface area contributed by atoms with E-state index in [1.807, 2.05) is 18.2 Å². The van der Waals surface area contributed by atoms with Gasteiger partial charge in [-0.1, -0.05) is 18.2 Å². The van der Waals surface area contributed by atoms with E-state index in [0.717, 1.165) is 4.90 Å². The molecule has 1 rings (SSSR count). The lowest BCUT2D eigenvalue weighted by Gasteiger charge is -2.09. The standard InChI is InChI=1S/C11H14O2S/c1-11(2,12)8-9-14(13)10-6-4-3-5-7-10/h3-9,12H,1-2H3/b9-8-. The molecule has 1 atom stereocenters. The first-order chi connectivity index (χ1) is 6.49. The third-order valence-electron chi connectivity index (χ3n) is 1.58. The fourth-order valence-electron chi connectivity index (χ4n) is 0.861. The van der Waals surface area contributed by atoms with Crippen molar-refractivity contribution in [1.29, 1.82) is 0 Å². The van der Waals surface area contributed by atoms with Crippen molar-refractivity contribution >= 4 is 10.8 Å². The molecule has 0 aromatic heterocycles. The van der Waals surface area contributed by atoms with Gasteiger partial charge < -0.3 is 5.11 Å². The molecule has 0 radical (unpaired) electrons. The summed E-state index contributed by atoms with van der Waals surface area (Å²) >= 11 is 0. The van der Waals surface area contributed by atoms with Gasteiger partial charge in [-0.05, 0) is 32.1 Å². The summed E-state index contributed by atoms with van der Waals surface area (Å²) in [5, 5.41) is 10.9. The Morgan fingerprint density at radius 2 is 1.86 bits per heavy atom. The highest BCUT2D eigenvalue weighted by Crippen LogP contribution is 2.09. The Kier molecular flexibility index (Phi) is 3.61. The Morgan fingerprint density at radius 1 is 1.29 bits per heavy atom. The van der Waals surface area contributed by atoms with Crippen LogP contribution >= 0.6 is 0 Å². The van der Waals surface area contributed by atoms with Gasteiger partial charge in [-0.3, -0.25) is 0 Å². The van der Waals surface area contributed by atoms with Gasteiger partial charge >= 0.3 is 0 Å². The highest BCUT2D eigenvalue weighted by atomic mass is 32.2. The van der Waals surface area contributed by atoms with E-state index >= 15 is 0 Å². The van der Waals surface area contributed by atoms with E-state index in [1.54, 1.807) is 26.0 Å². The van der Waals surface area contributed by atoms with E-state index in [0.29, 0.717) is 0 Å². The second-order valence-electron chi connectivity index (χ2n) is 3.57. The summed E-state index contributed by atoms with van der Waals surface area (Å²) in [5.74, 6) is 0. The molecule has 1 aromatic rings. The van der Waals surface area contributed by atoms with E-state index in [2.05, 4.69) is 0 Å². The lowest BCUT2D eigenvalue weighted by atomic mass is 10.1. The van der Waals surface area contributed by atoms with Gasteiger partial charge in [-0.25, -0.2) is 4.21 Å². The molecule has 0 saturated heterocycles. The zero-order valence-corrected chi connectivity index (χ0v) is 9.12. The highest BCUT2D eigenvalue weighted by molar-refractivity contribution is 7.88. The second-order valence-corrected chi connectivity index (χ2v) is 4.91. The molecule has 0 fully saturated rings. The van der Waals surface area contributed by atoms with Gasteiger partial charge in [0.15, 0.2) is 0 Å². The summed E-state index contributed by atoms with van der Waals surface area (Å²) in [5.41, 5.74) is -0.912. The van der Waals surface area contributed by atoms with Crippen LogP contribution in [0.5, 0.6) is 0 Å². The molecule has 0 heterocycles. The normalized spacial score (nSPS) is 14.5. The van der Waals surface area contributed by atoms with Crippen molar-refractivity contribution in [2.75, 3.05) is 0 Å². The SMILES string of the molecule is CC(C)(O)/C=C\S(=O)c1ccccc1. The predicted octanol–water partition coefficient (Wildman–Crippen LogP) is 2.08. The molecule has 0 amide bonds. The van der Waals surface area contributed by atoms with Gasteiger partial charge in [-0.2, -0.15) is 0 Å². The molecule has 2 nitrogen and oxygen atoms in total. The van der Waals surface area contributed by atoms with E-state index in [4.69, 9.17) is 0 Å². The minimum atomic E-state index is -1.17. The smallest absolute Gasteiger partial charge is 0.0780 e. The molecule has 76 valence electrons. The lowest BCUT2D eigenvalue weighted by Crippen LogP contribution is -2.13. The van der Waals surface area contributed by atoms with Crippen LogP contribution in [-0.2, 0) is 10.8 Å². The summed E-state index contributed by atoms with van der Waals surface area (Å²) in [6, 6.07) is 9.15. The van der Waals surface area contributed by atoms with E-state index in [-0.39, 0.29) is 0 Å². The van der Waals surface area contributed by atoms with Crippen LogP contribution in [0, 0.1) is 0 Å². The van der Waals surface area contributed by atoms with Crippen LogP contribution < -0.4 is 0 Å². The maximum Gasteiger partial charge on any atom is 0.0780 e. The fourth-order valence-corrected chi connectivity index (χ4v) is 1.90. The summed E-state index contributed by atoms with van der Waals surface area (Å²) in [4.78, 5) is 0.744. The number of rotatable bonds is 3. The molecule has 0 aliphatic heterocycles. The lowest BCUT2D eigenvalue weighted by molar-refractivity contribution is 0.133. The predicted molar refractivity (Wildman–Crippen MR) is 58.3 cm³/mol. The molecule has 3 heteroatoms. The summed E-state index contributed by atoms with van der Waals surface area (Å²) in [7, 11) is -1.17. The molecule has 14 heavy (non-hydrogen) atoms. The van der Waals surface area contributed by atoms with Crippen LogP contribution in [0.25, 0.3) is 0 Å². The topological polar surface area (TPSA) is 37.3 Å². The van der Waals surface area contributed by atoms with Crippen molar-refractivity contribution < 1.29 is 9.32 Å². The zero-order valence-electron chi connectivity index (χ0n) is 8.31. The Hall–Kier alpha value is -0.930. The minimum Gasteiger partial charge on any atom is -0.386 e. The summed E-state index contributed by atoms with van der Waals surface area (Å²) in [6.07, 6.45) is 1.54. The van der Waals surface area contributed by atoms with E-state index in [9.17, 15) is 9.32 Å². The van der Waals surface area contributed by atoms with Gasteiger partial charge in [0.05, 0.1) is 16.4 Å². The molecule has 0 aliphatic carbocycles. The zero-order chi connectivity index (χ0) is 10.6. The Morgan fingerprint density at radius 3 is 2.36 bits per heavy atom. The number of hydrogen-bond donors (Lipinski definition) is 1. The number of hydrogen-bond acceptors (Lipinski definition) is 2. The van der Waals surface area contributed by atoms with Crippen LogP contribution in [-0.4, -0.2) is 14.9 Å². The van der Waals surface area contributed by atoms with Crippen molar-refractivity contribution in [2.24, 2.45) is 0 Å². The summed E-state index contributed by atoms with van der Waals surface area (Å²) < 4.78 is 11.6. The van der Waals surface area contributed by atoms with Crippen LogP contribution in [0.1, 0.15) is 13.8 Å². The van der Waals surface area contributed by atoms with E-state index < -0.39 is 16.4 Å². The van der Waals surface area contributed by atoms with Crippen molar-refractivity contribution in [3.8, 4) is 0 Å². The molecular weight excluding hydrogens is 196 g/mol. The average molecular weight is 210 g/mol. The molecular formula is C11H14O2S. The van der Waals surface area contributed by atoms with Crippen molar-refractivity contribution in [3.05, 3.63) is 41.8 Å². The maximum atomic E-state index is 11.6. The maximum absolute atomic E-state index is 11.6. The van der Waals surface area contributed by atoms with Gasteiger partial charge in [0.25, 0.3) is 0 Å². The van der Waals surface area contributed by atoms with Gasteiger partial charge in [0.2, 0.25) is 0 Å². The van der Waals surface area contributed by atoms with Crippen LogP contribution in [0.2, 0.25) is 0 Å². The van der Waals surface area contributed by atoms with E-state index in [1.165, 1.54) is 11.5 Å². The third-order valence-corrected chi connectivity index (χ3v) is 2.70. The quantitative estimate of drug-likeness (QED) is 0.829. The number of aliphatic hydroxyl groups is 1. The van der Waals surface area contributed by atoms with Gasteiger partial charge in [0.1, 0.15) is 0 Å². The van der Waals surface area contributed by atoms with Gasteiger partial charge in [0, 0.05) is 10.3 Å². The molecule has 1 aromatic carbocycles. The van der Waals surface area contributed by atoms with Gasteiger partial charge in [-0.15, -0.1) is 0 Å². The highest BCUT2D eigenvalue weighted by Gasteiger charge is 2.07. The molecule has 0 spiro atoms. The number of benzene rings is 1. The Bertz CT molecular complexity index is 336. The largest absolute Gasteiger partial charge is 0.386 e. The second kappa shape index (κ2) is 4.53. The summed E-state index contributed by atoms with van der Waals surface area (Å²) in [6.45, 7) is 3.29. The Labute approximate surface area is 86.7 Å². The molecule has 1 N–H and O–H groups in total. The average Bonchev–Trinajstić information content (AvgIpc) is 2.14. The molecule has 0 saturated carbocycles. The monoisotopic (exact) mass is 210 g/mol. The molecule has 1 unspecified atom stereocenters. The molecule has 0 aliphatic rings. The minimum absolute atomic E-state index is 0.744. The van der Waals surface area contributed by atoms with Crippen LogP contribution in [0.15, 0.2) is 46.7 Å².